The Morgan fingerprint density at radius 2 is 1.64 bits per heavy atom. The third-order valence-electron chi connectivity index (χ3n) is 3.23. The van der Waals surface area contributed by atoms with Crippen molar-refractivity contribution in [2.45, 2.75) is 20.8 Å². The van der Waals surface area contributed by atoms with E-state index in [4.69, 9.17) is 0 Å². The summed E-state index contributed by atoms with van der Waals surface area (Å²) < 4.78 is 0. The Morgan fingerprint density at radius 3 is 2.14 bits per heavy atom. The molecule has 0 unspecified atom stereocenters. The van der Waals surface area contributed by atoms with Crippen LogP contribution in [0.5, 0.6) is 0 Å². The molecule has 76 valence electrons. The molecule has 1 aromatic rings. The van der Waals surface area contributed by atoms with Crippen LogP contribution in [0.1, 0.15) is 20.8 Å². The predicted octanol–water partition coefficient (Wildman–Crippen LogP) is 3.17. The molecule has 0 radical (unpaired) electrons. The van der Waals surface area contributed by atoms with Crippen LogP contribution in [0.3, 0.4) is 0 Å². The summed E-state index contributed by atoms with van der Waals surface area (Å²) in [6.45, 7) is 9.43. The Hall–Kier alpha value is -0.980. The van der Waals surface area contributed by atoms with Gasteiger partial charge in [-0.2, -0.15) is 0 Å². The zero-order valence-corrected chi connectivity index (χ0v) is 9.33. The molecular weight excluding hydrogens is 170 g/mol. The molecule has 1 heterocycles. The van der Waals surface area contributed by atoms with Crippen molar-refractivity contribution >= 4 is 5.69 Å². The van der Waals surface area contributed by atoms with Gasteiger partial charge in [-0.3, -0.25) is 0 Å². The van der Waals surface area contributed by atoms with E-state index in [9.17, 15) is 0 Å². The SMILES string of the molecule is CC(C)(C)C1CN(c2ccccc2)C1. The number of para-hydroxylation sites is 1. The molecule has 0 N–H and O–H groups in total. The Morgan fingerprint density at radius 1 is 1.07 bits per heavy atom. The molecule has 0 amide bonds. The fourth-order valence-electron chi connectivity index (χ4n) is 1.88. The number of rotatable bonds is 1. The number of hydrogen-bond donors (Lipinski definition) is 0. The van der Waals surface area contributed by atoms with Crippen LogP contribution < -0.4 is 4.90 Å². The Balaban J connectivity index is 1.96. The molecule has 1 aromatic carbocycles. The van der Waals surface area contributed by atoms with Crippen LogP contribution >= 0.6 is 0 Å². The highest BCUT2D eigenvalue weighted by Crippen LogP contribution is 2.35. The molecule has 0 saturated carbocycles. The molecule has 1 fully saturated rings. The molecule has 0 aliphatic carbocycles. The van der Waals surface area contributed by atoms with Crippen molar-refractivity contribution in [3.63, 3.8) is 0 Å². The average Bonchev–Trinajstić information content (AvgIpc) is 2.00. The third kappa shape index (κ3) is 1.77. The topological polar surface area (TPSA) is 3.24 Å². The zero-order chi connectivity index (χ0) is 10.2. The van der Waals surface area contributed by atoms with Crippen LogP contribution in [-0.2, 0) is 0 Å². The Bertz CT molecular complexity index is 291. The minimum atomic E-state index is 0.464. The van der Waals surface area contributed by atoms with Crippen molar-refractivity contribution in [3.05, 3.63) is 30.3 Å². The largest absolute Gasteiger partial charge is 0.371 e. The van der Waals surface area contributed by atoms with Crippen molar-refractivity contribution in [1.29, 1.82) is 0 Å². The van der Waals surface area contributed by atoms with Gasteiger partial charge in [0, 0.05) is 18.8 Å². The van der Waals surface area contributed by atoms with E-state index in [1.54, 1.807) is 0 Å². The second kappa shape index (κ2) is 3.30. The van der Waals surface area contributed by atoms with Crippen molar-refractivity contribution in [1.82, 2.24) is 0 Å². The van der Waals surface area contributed by atoms with E-state index in [1.165, 1.54) is 18.8 Å². The van der Waals surface area contributed by atoms with E-state index in [-0.39, 0.29) is 0 Å². The number of hydrogen-bond acceptors (Lipinski definition) is 1. The van der Waals surface area contributed by atoms with Crippen LogP contribution in [0.2, 0.25) is 0 Å². The van der Waals surface area contributed by atoms with Crippen molar-refractivity contribution < 1.29 is 0 Å². The fourth-order valence-corrected chi connectivity index (χ4v) is 1.88. The summed E-state index contributed by atoms with van der Waals surface area (Å²) in [5, 5.41) is 0. The van der Waals surface area contributed by atoms with Gasteiger partial charge in [0.2, 0.25) is 0 Å². The molecule has 0 spiro atoms. The first-order chi connectivity index (χ1) is 6.57. The molecule has 1 heteroatoms. The van der Waals surface area contributed by atoms with Gasteiger partial charge in [0.1, 0.15) is 0 Å². The van der Waals surface area contributed by atoms with E-state index in [1.807, 2.05) is 0 Å². The lowest BCUT2D eigenvalue weighted by atomic mass is 9.76. The molecule has 0 atom stereocenters. The molecule has 0 aromatic heterocycles. The second-order valence-corrected chi connectivity index (χ2v) is 5.30. The summed E-state index contributed by atoms with van der Waals surface area (Å²) in [6.07, 6.45) is 0. The van der Waals surface area contributed by atoms with Crippen LogP contribution in [0.15, 0.2) is 30.3 Å². The van der Waals surface area contributed by atoms with Gasteiger partial charge in [-0.25, -0.2) is 0 Å². The number of anilines is 1. The van der Waals surface area contributed by atoms with E-state index in [0.29, 0.717) is 5.41 Å². The number of nitrogens with zero attached hydrogens (tertiary/aromatic N) is 1. The lowest BCUT2D eigenvalue weighted by molar-refractivity contribution is 0.195. The monoisotopic (exact) mass is 189 g/mol. The fraction of sp³-hybridized carbons (Fsp3) is 0.538. The van der Waals surface area contributed by atoms with Crippen molar-refractivity contribution in [2.75, 3.05) is 18.0 Å². The first-order valence-corrected chi connectivity index (χ1v) is 5.37. The van der Waals surface area contributed by atoms with Gasteiger partial charge in [-0.15, -0.1) is 0 Å². The maximum Gasteiger partial charge on any atom is 0.0366 e. The quantitative estimate of drug-likeness (QED) is 0.656. The van der Waals surface area contributed by atoms with Gasteiger partial charge in [0.05, 0.1) is 0 Å². The van der Waals surface area contributed by atoms with Crippen LogP contribution in [-0.4, -0.2) is 13.1 Å². The van der Waals surface area contributed by atoms with Crippen LogP contribution in [0.4, 0.5) is 5.69 Å². The first-order valence-electron chi connectivity index (χ1n) is 5.37. The normalized spacial score (nSPS) is 18.1. The molecule has 1 aliphatic heterocycles. The van der Waals surface area contributed by atoms with E-state index < -0.39 is 0 Å². The minimum Gasteiger partial charge on any atom is -0.371 e. The Labute approximate surface area is 86.7 Å². The molecule has 1 aliphatic rings. The highest BCUT2D eigenvalue weighted by atomic mass is 15.2. The second-order valence-electron chi connectivity index (χ2n) is 5.30. The van der Waals surface area contributed by atoms with Gasteiger partial charge in [-0.1, -0.05) is 39.0 Å². The maximum atomic E-state index is 2.45. The zero-order valence-electron chi connectivity index (χ0n) is 9.33. The summed E-state index contributed by atoms with van der Waals surface area (Å²) in [5.41, 5.74) is 1.83. The van der Waals surface area contributed by atoms with Gasteiger partial charge in [0.15, 0.2) is 0 Å². The maximum absolute atomic E-state index is 2.45. The summed E-state index contributed by atoms with van der Waals surface area (Å²) in [6, 6.07) is 10.7. The van der Waals surface area contributed by atoms with E-state index >= 15 is 0 Å². The standard InChI is InChI=1S/C13H19N/c1-13(2,3)11-9-14(10-11)12-7-5-4-6-8-12/h4-8,11H,9-10H2,1-3H3. The Kier molecular flexibility index (Phi) is 2.26. The van der Waals surface area contributed by atoms with Crippen molar-refractivity contribution in [2.24, 2.45) is 11.3 Å². The van der Waals surface area contributed by atoms with Gasteiger partial charge >= 0.3 is 0 Å². The van der Waals surface area contributed by atoms with Crippen LogP contribution in [0, 0.1) is 11.3 Å². The molecule has 14 heavy (non-hydrogen) atoms. The molecule has 2 rings (SSSR count). The summed E-state index contributed by atoms with van der Waals surface area (Å²) in [5.74, 6) is 0.850. The first kappa shape index (κ1) is 9.57. The highest BCUT2D eigenvalue weighted by molar-refractivity contribution is 5.48. The lowest BCUT2D eigenvalue weighted by Crippen LogP contribution is -2.52. The predicted molar refractivity (Wildman–Crippen MR) is 61.6 cm³/mol. The average molecular weight is 189 g/mol. The van der Waals surface area contributed by atoms with E-state index in [0.717, 1.165) is 5.92 Å². The number of benzene rings is 1. The van der Waals surface area contributed by atoms with Gasteiger partial charge in [0.25, 0.3) is 0 Å². The lowest BCUT2D eigenvalue weighted by Gasteiger charge is -2.47. The van der Waals surface area contributed by atoms with Gasteiger partial charge < -0.3 is 4.90 Å². The summed E-state index contributed by atoms with van der Waals surface area (Å²) >= 11 is 0. The summed E-state index contributed by atoms with van der Waals surface area (Å²) in [4.78, 5) is 2.45. The van der Waals surface area contributed by atoms with E-state index in [2.05, 4.69) is 56.0 Å². The van der Waals surface area contributed by atoms with Gasteiger partial charge in [-0.05, 0) is 23.5 Å². The minimum absolute atomic E-state index is 0.464. The molecule has 0 bridgehead atoms. The smallest absolute Gasteiger partial charge is 0.0366 e. The molecule has 1 saturated heterocycles. The molecular formula is C13H19N. The summed E-state index contributed by atoms with van der Waals surface area (Å²) in [7, 11) is 0. The highest BCUT2D eigenvalue weighted by Gasteiger charge is 2.35. The molecule has 1 nitrogen and oxygen atoms in total. The van der Waals surface area contributed by atoms with Crippen LogP contribution in [0.25, 0.3) is 0 Å². The third-order valence-corrected chi connectivity index (χ3v) is 3.23. The van der Waals surface area contributed by atoms with Crippen molar-refractivity contribution in [3.8, 4) is 0 Å².